The maximum Gasteiger partial charge on any atom is 0.397 e. The van der Waals surface area contributed by atoms with Crippen LogP contribution in [0.4, 0.5) is 30.5 Å². The van der Waals surface area contributed by atoms with Gasteiger partial charge in [0.1, 0.15) is 13.0 Å². The molecule has 1 unspecified atom stereocenters. The molecule has 1 saturated carbocycles. The number of carbonyl (C=O) groups excluding carboxylic acids is 2. The topological polar surface area (TPSA) is 107 Å². The van der Waals surface area contributed by atoms with Crippen molar-refractivity contribution in [3.05, 3.63) is 30.7 Å². The van der Waals surface area contributed by atoms with Crippen molar-refractivity contribution in [3.8, 4) is 0 Å². The van der Waals surface area contributed by atoms with Crippen molar-refractivity contribution in [1.82, 2.24) is 39.1 Å². The highest BCUT2D eigenvalue weighted by Gasteiger charge is 2.47. The molecule has 3 aromatic rings. The van der Waals surface area contributed by atoms with E-state index in [0.717, 1.165) is 31.6 Å². The summed E-state index contributed by atoms with van der Waals surface area (Å²) < 4.78 is 41.8. The van der Waals surface area contributed by atoms with Gasteiger partial charge in [0.2, 0.25) is 17.8 Å². The molecule has 1 aliphatic carbocycles. The molecule has 2 bridgehead atoms. The smallest absolute Gasteiger partial charge is 0.368 e. The lowest BCUT2D eigenvalue weighted by Crippen LogP contribution is -2.53. The van der Waals surface area contributed by atoms with E-state index < -0.39 is 18.5 Å². The summed E-state index contributed by atoms with van der Waals surface area (Å²) >= 11 is 0. The number of piperidine rings is 1. The van der Waals surface area contributed by atoms with Crippen molar-refractivity contribution in [3.63, 3.8) is 0 Å². The number of hydrogen-bond acceptors (Lipinski definition) is 8. The highest BCUT2D eigenvalue weighted by molar-refractivity contribution is 5.77. The van der Waals surface area contributed by atoms with E-state index in [1.54, 1.807) is 27.8 Å². The Kier molecular flexibility index (Phi) is 7.45. The monoisotopic (exact) mass is 588 g/mol. The second-order valence-corrected chi connectivity index (χ2v) is 11.6. The Hall–Kier alpha value is -3.88. The highest BCUT2D eigenvalue weighted by atomic mass is 19.4. The Labute approximate surface area is 241 Å². The molecule has 3 aliphatic rings. The zero-order chi connectivity index (χ0) is 29.6. The van der Waals surface area contributed by atoms with Crippen LogP contribution in [0.5, 0.6) is 0 Å². The molecule has 2 amide bonds. The number of rotatable bonds is 7. The van der Waals surface area contributed by atoms with Crippen molar-refractivity contribution >= 4 is 34.8 Å². The molecule has 15 heteroatoms. The van der Waals surface area contributed by atoms with Gasteiger partial charge in [-0.1, -0.05) is 0 Å². The van der Waals surface area contributed by atoms with Crippen LogP contribution in [-0.2, 0) is 16.1 Å². The van der Waals surface area contributed by atoms with Crippen LogP contribution >= 0.6 is 0 Å². The van der Waals surface area contributed by atoms with Crippen LogP contribution in [0.3, 0.4) is 0 Å². The molecule has 12 nitrogen and oxygen atoms in total. The minimum absolute atomic E-state index is 0.0295. The molecule has 226 valence electrons. The van der Waals surface area contributed by atoms with Gasteiger partial charge in [-0.05, 0) is 43.9 Å². The third-order valence-corrected chi connectivity index (χ3v) is 8.70. The van der Waals surface area contributed by atoms with E-state index in [9.17, 15) is 22.8 Å². The second kappa shape index (κ2) is 11.1. The summed E-state index contributed by atoms with van der Waals surface area (Å²) in [6, 6.07) is 3.65. The number of likely N-dealkylation sites (N-methyl/N-ethyl adjacent to an activating group) is 1. The number of amides is 2. The third-order valence-electron chi connectivity index (χ3n) is 8.70. The zero-order valence-corrected chi connectivity index (χ0v) is 23.7. The van der Waals surface area contributed by atoms with E-state index in [4.69, 9.17) is 4.98 Å². The molecular weight excluding hydrogens is 553 g/mol. The number of carbonyl (C=O) groups is 2. The van der Waals surface area contributed by atoms with E-state index in [1.165, 1.54) is 11.9 Å². The van der Waals surface area contributed by atoms with E-state index in [0.29, 0.717) is 43.5 Å². The number of piperazine rings is 1. The number of nitrogens with zero attached hydrogens (tertiary/aromatic N) is 9. The van der Waals surface area contributed by atoms with Crippen molar-refractivity contribution in [2.24, 2.45) is 11.8 Å². The van der Waals surface area contributed by atoms with Crippen LogP contribution < -0.4 is 10.2 Å². The SMILES string of the molecule is CN1CCN(C(=O)Cn2cc(Nc3nc4c(N5C[C@H]6CC[C@@H](C5)C6N(C)C(=O)CC(F)(F)F)cccn4n3)cn2)CC1. The van der Waals surface area contributed by atoms with Crippen molar-refractivity contribution < 1.29 is 22.8 Å². The molecule has 3 fully saturated rings. The first kappa shape index (κ1) is 28.2. The van der Waals surface area contributed by atoms with Gasteiger partial charge in [0, 0.05) is 64.8 Å². The van der Waals surface area contributed by atoms with Crippen LogP contribution in [0.25, 0.3) is 5.65 Å². The Balaban J connectivity index is 1.12. The van der Waals surface area contributed by atoms with Gasteiger partial charge in [0.05, 0.1) is 17.6 Å². The number of fused-ring (bicyclic) bond motifs is 3. The Morgan fingerprint density at radius 1 is 1.12 bits per heavy atom. The first-order valence-corrected chi connectivity index (χ1v) is 14.2. The summed E-state index contributed by atoms with van der Waals surface area (Å²) in [5, 5.41) is 12.1. The van der Waals surface area contributed by atoms with Gasteiger partial charge in [-0.15, -0.1) is 5.10 Å². The zero-order valence-electron chi connectivity index (χ0n) is 23.7. The van der Waals surface area contributed by atoms with Gasteiger partial charge in [0.25, 0.3) is 0 Å². The van der Waals surface area contributed by atoms with E-state index in [1.807, 2.05) is 24.1 Å². The molecule has 0 radical (unpaired) electrons. The fourth-order valence-corrected chi connectivity index (χ4v) is 6.62. The van der Waals surface area contributed by atoms with Crippen molar-refractivity contribution in [1.29, 1.82) is 0 Å². The first-order chi connectivity index (χ1) is 20.0. The van der Waals surface area contributed by atoms with Gasteiger partial charge in [-0.2, -0.15) is 23.3 Å². The summed E-state index contributed by atoms with van der Waals surface area (Å²) in [7, 11) is 3.55. The molecule has 42 heavy (non-hydrogen) atoms. The van der Waals surface area contributed by atoms with Crippen molar-refractivity contribution in [2.45, 2.75) is 38.0 Å². The van der Waals surface area contributed by atoms with Gasteiger partial charge in [0.15, 0.2) is 5.65 Å². The minimum atomic E-state index is -4.51. The number of halogens is 3. The van der Waals surface area contributed by atoms with Crippen LogP contribution in [0.1, 0.15) is 19.3 Å². The minimum Gasteiger partial charge on any atom is -0.368 e. The maximum absolute atomic E-state index is 12.9. The molecule has 5 heterocycles. The fraction of sp³-hybridized carbons (Fsp3) is 0.593. The molecular formula is C27H35F3N10O2. The lowest BCUT2D eigenvalue weighted by atomic mass is 9.90. The molecule has 3 atom stereocenters. The normalized spacial score (nSPS) is 23.0. The number of anilines is 3. The van der Waals surface area contributed by atoms with Crippen LogP contribution in [-0.4, -0.2) is 116 Å². The summed E-state index contributed by atoms with van der Waals surface area (Å²) in [5.41, 5.74) is 2.19. The molecule has 6 rings (SSSR count). The number of hydrogen-bond donors (Lipinski definition) is 1. The average Bonchev–Trinajstić information content (AvgIpc) is 3.62. The van der Waals surface area contributed by atoms with Gasteiger partial charge >= 0.3 is 6.18 Å². The summed E-state index contributed by atoms with van der Waals surface area (Å²) in [5.74, 6) is -0.318. The Morgan fingerprint density at radius 3 is 2.52 bits per heavy atom. The third kappa shape index (κ3) is 5.87. The number of nitrogens with one attached hydrogen (secondary N) is 1. The average molecular weight is 589 g/mol. The summed E-state index contributed by atoms with van der Waals surface area (Å²) in [6.45, 7) is 4.53. The standard InChI is InChI=1S/C27H35F3N10O2/c1-35-8-10-37(11-9-35)23(42)17-39-16-20(13-31-39)32-26-33-25-21(4-3-7-40(25)34-26)38-14-18-5-6-19(15-38)24(18)36(2)22(41)12-27(28,29)30/h3-4,7,13,16,18-19,24H,5-6,8-12,14-15,17H2,1-2H3,(H,32,34)/t18-,19+,24?. The molecule has 0 spiro atoms. The van der Waals surface area contributed by atoms with Gasteiger partial charge < -0.3 is 24.9 Å². The van der Waals surface area contributed by atoms with Crippen LogP contribution in [0.2, 0.25) is 0 Å². The first-order valence-electron chi connectivity index (χ1n) is 14.2. The lowest BCUT2D eigenvalue weighted by molar-refractivity contribution is -0.163. The highest BCUT2D eigenvalue weighted by Crippen LogP contribution is 2.42. The number of aromatic nitrogens is 5. The molecule has 3 aromatic heterocycles. The molecule has 2 aliphatic heterocycles. The summed E-state index contributed by atoms with van der Waals surface area (Å²) in [4.78, 5) is 37.3. The Bertz CT molecular complexity index is 1430. The summed E-state index contributed by atoms with van der Waals surface area (Å²) in [6.07, 6.45) is 0.964. The lowest BCUT2D eigenvalue weighted by Gasteiger charge is -2.43. The van der Waals surface area contributed by atoms with Crippen molar-refractivity contribution in [2.75, 3.05) is 63.6 Å². The van der Waals surface area contributed by atoms with Crippen LogP contribution in [0.15, 0.2) is 30.7 Å². The predicted octanol–water partition coefficient (Wildman–Crippen LogP) is 2.07. The fourth-order valence-electron chi connectivity index (χ4n) is 6.62. The van der Waals surface area contributed by atoms with E-state index >= 15 is 0 Å². The largest absolute Gasteiger partial charge is 0.397 e. The Morgan fingerprint density at radius 2 is 1.83 bits per heavy atom. The predicted molar refractivity (Wildman–Crippen MR) is 148 cm³/mol. The maximum atomic E-state index is 12.9. The van der Waals surface area contributed by atoms with Gasteiger partial charge in [-0.25, -0.2) is 4.52 Å². The molecule has 2 saturated heterocycles. The van der Waals surface area contributed by atoms with E-state index in [2.05, 4.69) is 25.3 Å². The molecule has 1 N–H and O–H groups in total. The quantitative estimate of drug-likeness (QED) is 0.447. The van der Waals surface area contributed by atoms with Crippen LogP contribution in [0, 0.1) is 11.8 Å². The molecule has 0 aromatic carbocycles. The number of pyridine rings is 1. The number of alkyl halides is 3. The second-order valence-electron chi connectivity index (χ2n) is 11.6. The van der Waals surface area contributed by atoms with E-state index in [-0.39, 0.29) is 30.3 Å². The van der Waals surface area contributed by atoms with Gasteiger partial charge in [-0.3, -0.25) is 14.3 Å².